The van der Waals surface area contributed by atoms with Crippen molar-refractivity contribution in [2.75, 3.05) is 11.4 Å². The van der Waals surface area contributed by atoms with Gasteiger partial charge >= 0.3 is 0 Å². The average molecular weight is 251 g/mol. The van der Waals surface area contributed by atoms with Crippen molar-refractivity contribution < 1.29 is 0 Å². The molecule has 0 aliphatic heterocycles. The molecule has 0 N–H and O–H groups in total. The van der Waals surface area contributed by atoms with E-state index in [1.165, 1.54) is 5.56 Å². The number of anilines is 2. The van der Waals surface area contributed by atoms with Gasteiger partial charge in [0.1, 0.15) is 6.07 Å². The van der Waals surface area contributed by atoms with E-state index in [0.29, 0.717) is 5.56 Å². The Balaban J connectivity index is 2.54. The van der Waals surface area contributed by atoms with E-state index in [4.69, 9.17) is 0 Å². The molecule has 0 bridgehead atoms. The summed E-state index contributed by atoms with van der Waals surface area (Å²) in [6.07, 6.45) is 0. The van der Waals surface area contributed by atoms with Crippen molar-refractivity contribution in [1.29, 1.82) is 5.26 Å². The molecule has 0 saturated carbocycles. The van der Waals surface area contributed by atoms with Gasteiger partial charge in [0.05, 0.1) is 5.56 Å². The first kappa shape index (κ1) is 13.1. The molecule has 0 radical (unpaired) electrons. The second-order valence-corrected chi connectivity index (χ2v) is 4.52. The number of aryl methyl sites for hydroxylation is 2. The fourth-order valence-electron chi connectivity index (χ4n) is 2.09. The summed E-state index contributed by atoms with van der Waals surface area (Å²) in [5.41, 5.74) is 3.79. The van der Waals surface area contributed by atoms with Crippen molar-refractivity contribution >= 4 is 11.5 Å². The first-order valence-corrected chi connectivity index (χ1v) is 6.37. The van der Waals surface area contributed by atoms with Gasteiger partial charge < -0.3 is 4.90 Å². The van der Waals surface area contributed by atoms with Crippen LogP contribution in [-0.2, 0) is 0 Å². The topological polar surface area (TPSA) is 39.9 Å². The largest absolute Gasteiger partial charge is 0.326 e. The molecule has 3 heteroatoms. The minimum absolute atomic E-state index is 0.606. The summed E-state index contributed by atoms with van der Waals surface area (Å²) in [5, 5.41) is 9.24. The molecule has 2 rings (SSSR count). The fourth-order valence-corrected chi connectivity index (χ4v) is 2.09. The Kier molecular flexibility index (Phi) is 3.82. The first-order chi connectivity index (χ1) is 9.15. The number of rotatable bonds is 3. The number of pyridine rings is 1. The lowest BCUT2D eigenvalue weighted by Crippen LogP contribution is -2.19. The van der Waals surface area contributed by atoms with Crippen LogP contribution in [0.2, 0.25) is 0 Å². The highest BCUT2D eigenvalue weighted by molar-refractivity contribution is 5.66. The molecule has 96 valence electrons. The van der Waals surface area contributed by atoms with Crippen LogP contribution in [0.4, 0.5) is 11.5 Å². The van der Waals surface area contributed by atoms with E-state index >= 15 is 0 Å². The van der Waals surface area contributed by atoms with Gasteiger partial charge in [0.25, 0.3) is 0 Å². The number of aromatic nitrogens is 1. The molecule has 2 aromatic rings. The average Bonchev–Trinajstić information content (AvgIpc) is 2.40. The van der Waals surface area contributed by atoms with Crippen LogP contribution >= 0.6 is 0 Å². The lowest BCUT2D eigenvalue weighted by atomic mass is 10.2. The lowest BCUT2D eigenvalue weighted by Gasteiger charge is -2.23. The van der Waals surface area contributed by atoms with E-state index in [1.54, 1.807) is 0 Å². The monoisotopic (exact) mass is 251 g/mol. The number of nitriles is 1. The van der Waals surface area contributed by atoms with E-state index in [2.05, 4.69) is 41.9 Å². The molecule has 3 nitrogen and oxygen atoms in total. The van der Waals surface area contributed by atoms with Crippen molar-refractivity contribution in [3.63, 3.8) is 0 Å². The number of hydrogen-bond acceptors (Lipinski definition) is 3. The number of benzene rings is 1. The summed E-state index contributed by atoms with van der Waals surface area (Å²) in [6, 6.07) is 14.1. The zero-order chi connectivity index (χ0) is 13.8. The van der Waals surface area contributed by atoms with Gasteiger partial charge in [-0.3, -0.25) is 0 Å². The van der Waals surface area contributed by atoms with Crippen molar-refractivity contribution in [2.45, 2.75) is 20.8 Å². The summed E-state index contributed by atoms with van der Waals surface area (Å²) in [6.45, 7) is 6.84. The van der Waals surface area contributed by atoms with Crippen LogP contribution in [0.1, 0.15) is 23.7 Å². The van der Waals surface area contributed by atoms with Crippen molar-refractivity contribution in [3.05, 3.63) is 53.2 Å². The van der Waals surface area contributed by atoms with E-state index in [-0.39, 0.29) is 0 Å². The first-order valence-electron chi connectivity index (χ1n) is 6.37. The van der Waals surface area contributed by atoms with Crippen molar-refractivity contribution in [2.24, 2.45) is 0 Å². The predicted octanol–water partition coefficient (Wildman–Crippen LogP) is 3.73. The molecule has 0 saturated heterocycles. The number of hydrogen-bond donors (Lipinski definition) is 0. The van der Waals surface area contributed by atoms with Crippen molar-refractivity contribution in [1.82, 2.24) is 4.98 Å². The third-order valence-corrected chi connectivity index (χ3v) is 3.02. The molecular weight excluding hydrogens is 234 g/mol. The maximum absolute atomic E-state index is 9.24. The van der Waals surface area contributed by atoms with Gasteiger partial charge in [-0.1, -0.05) is 12.1 Å². The molecule has 1 heterocycles. The van der Waals surface area contributed by atoms with Gasteiger partial charge in [0.15, 0.2) is 5.82 Å². The highest BCUT2D eigenvalue weighted by atomic mass is 15.2. The van der Waals surface area contributed by atoms with Crippen LogP contribution in [0.5, 0.6) is 0 Å². The highest BCUT2D eigenvalue weighted by Crippen LogP contribution is 2.27. The molecule has 19 heavy (non-hydrogen) atoms. The van der Waals surface area contributed by atoms with Crippen LogP contribution in [0.25, 0.3) is 0 Å². The highest BCUT2D eigenvalue weighted by Gasteiger charge is 2.13. The zero-order valence-electron chi connectivity index (χ0n) is 11.5. The summed E-state index contributed by atoms with van der Waals surface area (Å²) in [4.78, 5) is 6.59. The second kappa shape index (κ2) is 5.53. The normalized spacial score (nSPS) is 10.0. The molecule has 0 atom stereocenters. The fraction of sp³-hybridized carbons (Fsp3) is 0.250. The third-order valence-electron chi connectivity index (χ3n) is 3.02. The minimum Gasteiger partial charge on any atom is -0.326 e. The molecule has 1 aromatic heterocycles. The lowest BCUT2D eigenvalue weighted by molar-refractivity contribution is 0.973. The Hall–Kier alpha value is -2.34. The summed E-state index contributed by atoms with van der Waals surface area (Å²) in [5.74, 6) is 0.732. The van der Waals surface area contributed by atoms with Crippen LogP contribution in [0.15, 0.2) is 36.4 Å². The molecule has 0 aliphatic carbocycles. The Morgan fingerprint density at radius 3 is 2.63 bits per heavy atom. The molecule has 0 amide bonds. The Bertz CT molecular complexity index is 626. The van der Waals surface area contributed by atoms with Crippen LogP contribution in [0.3, 0.4) is 0 Å². The van der Waals surface area contributed by atoms with Gasteiger partial charge in [0, 0.05) is 17.9 Å². The smallest absolute Gasteiger partial charge is 0.151 e. The Morgan fingerprint density at radius 2 is 2.00 bits per heavy atom. The van der Waals surface area contributed by atoms with Crippen LogP contribution in [0, 0.1) is 25.2 Å². The van der Waals surface area contributed by atoms with E-state index in [9.17, 15) is 5.26 Å². The van der Waals surface area contributed by atoms with Crippen molar-refractivity contribution in [3.8, 4) is 6.07 Å². The van der Waals surface area contributed by atoms with E-state index in [0.717, 1.165) is 23.7 Å². The molecule has 0 fully saturated rings. The standard InChI is InChI=1S/C16H17N3/c1-4-19(15-7-5-6-12(2)10-15)16-14(11-17)9-8-13(3)18-16/h5-10H,4H2,1-3H3. The number of nitrogens with zero attached hydrogens (tertiary/aromatic N) is 3. The molecule has 0 aliphatic rings. The summed E-state index contributed by atoms with van der Waals surface area (Å²) >= 11 is 0. The Morgan fingerprint density at radius 1 is 1.21 bits per heavy atom. The van der Waals surface area contributed by atoms with E-state index < -0.39 is 0 Å². The van der Waals surface area contributed by atoms with E-state index in [1.807, 2.05) is 31.2 Å². The zero-order valence-corrected chi connectivity index (χ0v) is 11.5. The van der Waals surface area contributed by atoms with Crippen LogP contribution in [-0.4, -0.2) is 11.5 Å². The maximum Gasteiger partial charge on any atom is 0.151 e. The molecular formula is C16H17N3. The van der Waals surface area contributed by atoms with Gasteiger partial charge in [-0.05, 0) is 50.6 Å². The predicted molar refractivity (Wildman–Crippen MR) is 77.5 cm³/mol. The Labute approximate surface area is 114 Å². The van der Waals surface area contributed by atoms with Gasteiger partial charge in [0.2, 0.25) is 0 Å². The third kappa shape index (κ3) is 2.74. The SMILES string of the molecule is CCN(c1cccc(C)c1)c1nc(C)ccc1C#N. The minimum atomic E-state index is 0.606. The molecule has 0 unspecified atom stereocenters. The van der Waals surface area contributed by atoms with Gasteiger partial charge in [-0.15, -0.1) is 0 Å². The molecule has 0 spiro atoms. The summed E-state index contributed by atoms with van der Waals surface area (Å²) < 4.78 is 0. The van der Waals surface area contributed by atoms with Gasteiger partial charge in [-0.2, -0.15) is 5.26 Å². The maximum atomic E-state index is 9.24. The second-order valence-electron chi connectivity index (χ2n) is 4.52. The van der Waals surface area contributed by atoms with Crippen LogP contribution < -0.4 is 4.90 Å². The summed E-state index contributed by atoms with van der Waals surface area (Å²) in [7, 11) is 0. The quantitative estimate of drug-likeness (QED) is 0.834. The van der Waals surface area contributed by atoms with Gasteiger partial charge in [-0.25, -0.2) is 4.98 Å². The molecule has 1 aromatic carbocycles.